The number of hydrogen-bond acceptors (Lipinski definition) is 3. The van der Waals surface area contributed by atoms with Crippen LogP contribution in [0.1, 0.15) is 12.7 Å². The molecule has 0 amide bonds. The van der Waals surface area contributed by atoms with Gasteiger partial charge in [-0.05, 0) is 19.1 Å². The molecule has 0 bridgehead atoms. The Morgan fingerprint density at radius 2 is 2.33 bits per heavy atom. The molecule has 0 aliphatic rings. The summed E-state index contributed by atoms with van der Waals surface area (Å²) in [6.07, 6.45) is 1.90. The summed E-state index contributed by atoms with van der Waals surface area (Å²) in [6, 6.07) is 5.75. The second-order valence-corrected chi connectivity index (χ2v) is 3.56. The fourth-order valence-corrected chi connectivity index (χ4v) is 1.65. The van der Waals surface area contributed by atoms with Gasteiger partial charge in [0.25, 0.3) is 0 Å². The Morgan fingerprint density at radius 1 is 1.53 bits per heavy atom. The molecule has 2 rings (SSSR count). The van der Waals surface area contributed by atoms with Gasteiger partial charge in [0.05, 0.1) is 24.9 Å². The molecule has 0 aliphatic carbocycles. The normalized spacial score (nSPS) is 13.0. The van der Waals surface area contributed by atoms with E-state index in [1.165, 1.54) is 0 Å². The lowest BCUT2D eigenvalue weighted by molar-refractivity contribution is 0.192. The maximum atomic E-state index is 9.35. The van der Waals surface area contributed by atoms with Crippen molar-refractivity contribution >= 4 is 5.52 Å². The van der Waals surface area contributed by atoms with Gasteiger partial charge in [-0.25, -0.2) is 4.98 Å². The maximum absolute atomic E-state index is 9.35. The zero-order valence-corrected chi connectivity index (χ0v) is 8.84. The highest BCUT2D eigenvalue weighted by Crippen LogP contribution is 2.17. The van der Waals surface area contributed by atoms with Crippen molar-refractivity contribution in [3.05, 3.63) is 30.2 Å². The average molecular weight is 206 g/mol. The molecule has 0 saturated heterocycles. The standard InChI is InChI=1S/C11H14N2O2/c1-8(14)6-10-12-7-9-4-3-5-11(15-2)13(9)10/h3-5,7-8,14H,6H2,1-2H3. The van der Waals surface area contributed by atoms with Gasteiger partial charge in [-0.15, -0.1) is 0 Å². The van der Waals surface area contributed by atoms with E-state index in [1.54, 1.807) is 20.2 Å². The number of pyridine rings is 1. The van der Waals surface area contributed by atoms with Crippen LogP contribution in [0.3, 0.4) is 0 Å². The van der Waals surface area contributed by atoms with Gasteiger partial charge < -0.3 is 9.84 Å². The molecule has 4 heteroatoms. The zero-order chi connectivity index (χ0) is 10.8. The number of hydrogen-bond donors (Lipinski definition) is 1. The molecule has 2 heterocycles. The summed E-state index contributed by atoms with van der Waals surface area (Å²) < 4.78 is 7.16. The first kappa shape index (κ1) is 9.98. The predicted molar refractivity (Wildman–Crippen MR) is 57.1 cm³/mol. The number of methoxy groups -OCH3 is 1. The van der Waals surface area contributed by atoms with Gasteiger partial charge in [-0.3, -0.25) is 4.40 Å². The Kier molecular flexibility index (Phi) is 2.60. The molecule has 0 fully saturated rings. The van der Waals surface area contributed by atoms with Crippen LogP contribution in [-0.2, 0) is 6.42 Å². The lowest BCUT2D eigenvalue weighted by atomic mass is 10.3. The highest BCUT2D eigenvalue weighted by atomic mass is 16.5. The number of rotatable bonds is 3. The minimum absolute atomic E-state index is 0.402. The minimum Gasteiger partial charge on any atom is -0.482 e. The van der Waals surface area contributed by atoms with Crippen molar-refractivity contribution in [2.75, 3.05) is 7.11 Å². The molecule has 2 aromatic rings. The lowest BCUT2D eigenvalue weighted by Gasteiger charge is -2.08. The predicted octanol–water partition coefficient (Wildman–Crippen LogP) is 1.27. The van der Waals surface area contributed by atoms with Gasteiger partial charge >= 0.3 is 0 Å². The second-order valence-electron chi connectivity index (χ2n) is 3.56. The first-order chi connectivity index (χ1) is 7.22. The first-order valence-electron chi connectivity index (χ1n) is 4.90. The number of aliphatic hydroxyl groups is 1. The number of aliphatic hydroxyl groups excluding tert-OH is 1. The Labute approximate surface area is 88.1 Å². The Bertz CT molecular complexity index is 463. The molecule has 15 heavy (non-hydrogen) atoms. The van der Waals surface area contributed by atoms with E-state index in [9.17, 15) is 5.11 Å². The van der Waals surface area contributed by atoms with E-state index in [1.807, 2.05) is 22.6 Å². The van der Waals surface area contributed by atoms with Crippen molar-refractivity contribution in [2.45, 2.75) is 19.4 Å². The van der Waals surface area contributed by atoms with E-state index in [0.717, 1.165) is 17.2 Å². The van der Waals surface area contributed by atoms with Crippen LogP contribution in [0.5, 0.6) is 5.88 Å². The summed E-state index contributed by atoms with van der Waals surface area (Å²) >= 11 is 0. The highest BCUT2D eigenvalue weighted by molar-refractivity contribution is 5.49. The SMILES string of the molecule is COc1cccc2cnc(CC(C)O)n12. The lowest BCUT2D eigenvalue weighted by Crippen LogP contribution is -2.08. The van der Waals surface area contributed by atoms with Crippen LogP contribution in [0.2, 0.25) is 0 Å². The molecule has 0 aromatic carbocycles. The smallest absolute Gasteiger partial charge is 0.199 e. The number of imidazole rings is 1. The van der Waals surface area contributed by atoms with Crippen molar-refractivity contribution in [2.24, 2.45) is 0 Å². The number of aromatic nitrogens is 2. The largest absolute Gasteiger partial charge is 0.482 e. The quantitative estimate of drug-likeness (QED) is 0.822. The molecular weight excluding hydrogens is 192 g/mol. The Balaban J connectivity index is 2.55. The summed E-state index contributed by atoms with van der Waals surface area (Å²) in [5.41, 5.74) is 0.977. The summed E-state index contributed by atoms with van der Waals surface area (Å²) in [6.45, 7) is 1.75. The Hall–Kier alpha value is -1.55. The number of nitrogens with zero attached hydrogens (tertiary/aromatic N) is 2. The summed E-state index contributed by atoms with van der Waals surface area (Å²) in [4.78, 5) is 4.27. The Morgan fingerprint density at radius 3 is 3.00 bits per heavy atom. The van der Waals surface area contributed by atoms with Crippen LogP contribution >= 0.6 is 0 Å². The van der Waals surface area contributed by atoms with Crippen LogP contribution in [0, 0.1) is 0 Å². The molecule has 1 N–H and O–H groups in total. The molecule has 1 atom stereocenters. The van der Waals surface area contributed by atoms with Crippen molar-refractivity contribution in [3.63, 3.8) is 0 Å². The van der Waals surface area contributed by atoms with E-state index in [2.05, 4.69) is 4.98 Å². The summed E-state index contributed by atoms with van der Waals surface area (Å²) in [5, 5.41) is 9.35. The molecular formula is C11H14N2O2. The third-order valence-corrected chi connectivity index (χ3v) is 2.28. The molecule has 2 aromatic heterocycles. The molecule has 0 saturated carbocycles. The molecule has 0 aliphatic heterocycles. The van der Waals surface area contributed by atoms with Crippen LogP contribution in [0.4, 0.5) is 0 Å². The minimum atomic E-state index is -0.402. The molecule has 0 spiro atoms. The summed E-state index contributed by atoms with van der Waals surface area (Å²) in [7, 11) is 1.63. The molecule has 1 unspecified atom stereocenters. The molecule has 80 valence electrons. The van der Waals surface area contributed by atoms with Gasteiger partial charge in [0, 0.05) is 6.42 Å². The van der Waals surface area contributed by atoms with Crippen molar-refractivity contribution < 1.29 is 9.84 Å². The van der Waals surface area contributed by atoms with E-state index in [-0.39, 0.29) is 0 Å². The second kappa shape index (κ2) is 3.90. The van der Waals surface area contributed by atoms with E-state index >= 15 is 0 Å². The maximum Gasteiger partial charge on any atom is 0.199 e. The average Bonchev–Trinajstić information content (AvgIpc) is 2.61. The summed E-state index contributed by atoms with van der Waals surface area (Å²) in [5.74, 6) is 1.55. The number of fused-ring (bicyclic) bond motifs is 1. The zero-order valence-electron chi connectivity index (χ0n) is 8.84. The van der Waals surface area contributed by atoms with Gasteiger partial charge in [-0.1, -0.05) is 6.07 Å². The van der Waals surface area contributed by atoms with Gasteiger partial charge in [0.15, 0.2) is 5.88 Å². The van der Waals surface area contributed by atoms with E-state index < -0.39 is 6.10 Å². The van der Waals surface area contributed by atoms with Crippen LogP contribution in [0.25, 0.3) is 5.52 Å². The topological polar surface area (TPSA) is 46.8 Å². The van der Waals surface area contributed by atoms with Crippen molar-refractivity contribution in [3.8, 4) is 5.88 Å². The van der Waals surface area contributed by atoms with Gasteiger partial charge in [0.1, 0.15) is 5.82 Å². The van der Waals surface area contributed by atoms with Crippen molar-refractivity contribution in [1.82, 2.24) is 9.38 Å². The van der Waals surface area contributed by atoms with Crippen LogP contribution in [-0.4, -0.2) is 27.7 Å². The van der Waals surface area contributed by atoms with E-state index in [0.29, 0.717) is 6.42 Å². The third kappa shape index (κ3) is 1.80. The van der Waals surface area contributed by atoms with Gasteiger partial charge in [0.2, 0.25) is 0 Å². The fourth-order valence-electron chi connectivity index (χ4n) is 1.65. The van der Waals surface area contributed by atoms with Crippen LogP contribution in [0.15, 0.2) is 24.4 Å². The monoisotopic (exact) mass is 206 g/mol. The molecule has 0 radical (unpaired) electrons. The van der Waals surface area contributed by atoms with Gasteiger partial charge in [-0.2, -0.15) is 0 Å². The van der Waals surface area contributed by atoms with E-state index in [4.69, 9.17) is 4.74 Å². The van der Waals surface area contributed by atoms with Crippen LogP contribution < -0.4 is 4.74 Å². The first-order valence-corrected chi connectivity index (χ1v) is 4.90. The molecule has 4 nitrogen and oxygen atoms in total. The fraction of sp³-hybridized carbons (Fsp3) is 0.364. The highest BCUT2D eigenvalue weighted by Gasteiger charge is 2.09. The number of ether oxygens (including phenoxy) is 1. The van der Waals surface area contributed by atoms with Crippen molar-refractivity contribution in [1.29, 1.82) is 0 Å². The third-order valence-electron chi connectivity index (χ3n) is 2.28.